The number of halogens is 1. The average Bonchev–Trinajstić information content (AvgIpc) is 3.02. The van der Waals surface area contributed by atoms with Crippen LogP contribution < -0.4 is 14.5 Å². The molecule has 130 valence electrons. The van der Waals surface area contributed by atoms with E-state index in [0.717, 1.165) is 0 Å². The molecule has 0 radical (unpaired) electrons. The summed E-state index contributed by atoms with van der Waals surface area (Å²) in [7, 11) is 3.03. The molecule has 0 saturated carbocycles. The van der Waals surface area contributed by atoms with Gasteiger partial charge in [-0.3, -0.25) is 14.5 Å². The van der Waals surface area contributed by atoms with E-state index in [-0.39, 0.29) is 30.6 Å². The van der Waals surface area contributed by atoms with Gasteiger partial charge in [-0.1, -0.05) is 0 Å². The van der Waals surface area contributed by atoms with Crippen LogP contribution in [0.25, 0.3) is 0 Å². The van der Waals surface area contributed by atoms with Gasteiger partial charge in [-0.2, -0.15) is 0 Å². The van der Waals surface area contributed by atoms with Crippen molar-refractivity contribution in [1.82, 2.24) is 4.98 Å². The largest absolute Gasteiger partial charge is 0.497 e. The third-order valence-electron chi connectivity index (χ3n) is 4.25. The zero-order chi connectivity index (χ0) is 18.0. The van der Waals surface area contributed by atoms with Crippen molar-refractivity contribution in [1.29, 1.82) is 0 Å². The van der Waals surface area contributed by atoms with Gasteiger partial charge in [0.1, 0.15) is 5.75 Å². The van der Waals surface area contributed by atoms with Crippen LogP contribution in [0, 0.1) is 11.7 Å². The highest BCUT2D eigenvalue weighted by molar-refractivity contribution is 6.04. The molecular formula is C18H18FN3O3. The molecule has 3 rings (SSSR count). The van der Waals surface area contributed by atoms with Crippen LogP contribution in [-0.2, 0) is 9.59 Å². The monoisotopic (exact) mass is 343 g/mol. The van der Waals surface area contributed by atoms with E-state index in [2.05, 4.69) is 4.98 Å². The Bertz CT molecular complexity index is 794. The Morgan fingerprint density at radius 1 is 1.32 bits per heavy atom. The minimum Gasteiger partial charge on any atom is -0.497 e. The van der Waals surface area contributed by atoms with Crippen molar-refractivity contribution >= 4 is 23.3 Å². The second-order valence-corrected chi connectivity index (χ2v) is 5.81. The molecule has 2 amide bonds. The lowest BCUT2D eigenvalue weighted by Crippen LogP contribution is -2.35. The van der Waals surface area contributed by atoms with Gasteiger partial charge in [-0.15, -0.1) is 0 Å². The zero-order valence-corrected chi connectivity index (χ0v) is 14.0. The molecule has 25 heavy (non-hydrogen) atoms. The van der Waals surface area contributed by atoms with Gasteiger partial charge in [0, 0.05) is 31.9 Å². The van der Waals surface area contributed by atoms with E-state index < -0.39 is 11.7 Å². The van der Waals surface area contributed by atoms with Gasteiger partial charge < -0.3 is 9.64 Å². The van der Waals surface area contributed by atoms with Crippen LogP contribution in [0.3, 0.4) is 0 Å². The summed E-state index contributed by atoms with van der Waals surface area (Å²) < 4.78 is 18.9. The van der Waals surface area contributed by atoms with E-state index in [4.69, 9.17) is 4.74 Å². The highest BCUT2D eigenvalue weighted by Crippen LogP contribution is 2.28. The predicted octanol–water partition coefficient (Wildman–Crippen LogP) is 2.25. The molecule has 1 aromatic carbocycles. The van der Waals surface area contributed by atoms with Crippen molar-refractivity contribution in [3.63, 3.8) is 0 Å². The summed E-state index contributed by atoms with van der Waals surface area (Å²) in [6.07, 6.45) is 1.51. The first-order chi connectivity index (χ1) is 12.0. The summed E-state index contributed by atoms with van der Waals surface area (Å²) in [4.78, 5) is 31.6. The molecule has 0 bridgehead atoms. The van der Waals surface area contributed by atoms with E-state index >= 15 is 0 Å². The van der Waals surface area contributed by atoms with Crippen molar-refractivity contribution < 1.29 is 18.7 Å². The van der Waals surface area contributed by atoms with Crippen molar-refractivity contribution in [3.05, 3.63) is 48.4 Å². The Balaban J connectivity index is 1.75. The molecule has 1 aromatic heterocycles. The predicted molar refractivity (Wildman–Crippen MR) is 91.1 cm³/mol. The number of nitrogens with zero attached hydrogens (tertiary/aromatic N) is 3. The molecule has 1 aliphatic heterocycles. The topological polar surface area (TPSA) is 62.7 Å². The van der Waals surface area contributed by atoms with Gasteiger partial charge in [0.15, 0.2) is 11.6 Å². The van der Waals surface area contributed by atoms with Crippen LogP contribution >= 0.6 is 0 Å². The highest BCUT2D eigenvalue weighted by atomic mass is 19.1. The van der Waals surface area contributed by atoms with Gasteiger partial charge >= 0.3 is 0 Å². The Kier molecular flexibility index (Phi) is 4.65. The van der Waals surface area contributed by atoms with Crippen LogP contribution in [0.5, 0.6) is 5.75 Å². The molecule has 1 aliphatic rings. The summed E-state index contributed by atoms with van der Waals surface area (Å²) in [6.45, 7) is 0.253. The van der Waals surface area contributed by atoms with Gasteiger partial charge in [-0.25, -0.2) is 9.37 Å². The van der Waals surface area contributed by atoms with Crippen LogP contribution in [-0.4, -0.2) is 37.5 Å². The van der Waals surface area contributed by atoms with Crippen LogP contribution in [0.15, 0.2) is 42.6 Å². The molecule has 0 N–H and O–H groups in total. The first kappa shape index (κ1) is 16.9. The van der Waals surface area contributed by atoms with Crippen LogP contribution in [0.2, 0.25) is 0 Å². The lowest BCUT2D eigenvalue weighted by molar-refractivity contribution is -0.124. The fraction of sp³-hybridized carbons (Fsp3) is 0.278. The number of pyridine rings is 1. The normalized spacial score (nSPS) is 16.8. The number of rotatable bonds is 4. The maximum atomic E-state index is 13.8. The number of anilines is 2. The summed E-state index contributed by atoms with van der Waals surface area (Å²) >= 11 is 0. The van der Waals surface area contributed by atoms with E-state index in [0.29, 0.717) is 11.4 Å². The first-order valence-corrected chi connectivity index (χ1v) is 7.83. The van der Waals surface area contributed by atoms with E-state index in [1.165, 1.54) is 30.3 Å². The third kappa shape index (κ3) is 3.31. The molecule has 2 aromatic rings. The second-order valence-electron chi connectivity index (χ2n) is 5.81. The van der Waals surface area contributed by atoms with Crippen molar-refractivity contribution in [2.75, 3.05) is 30.5 Å². The SMILES string of the molecule is COc1ccc(N2C[C@H](C(=O)N(C)c3ncccc3F)CC2=O)cc1. The summed E-state index contributed by atoms with van der Waals surface area (Å²) in [6, 6.07) is 9.76. The van der Waals surface area contributed by atoms with Gasteiger partial charge in [0.05, 0.1) is 13.0 Å². The molecule has 0 spiro atoms. The van der Waals surface area contributed by atoms with Crippen LogP contribution in [0.1, 0.15) is 6.42 Å². The van der Waals surface area contributed by atoms with Crippen molar-refractivity contribution in [2.45, 2.75) is 6.42 Å². The lowest BCUT2D eigenvalue weighted by Gasteiger charge is -2.21. The minimum absolute atomic E-state index is 0.0390. The molecule has 6 nitrogen and oxygen atoms in total. The summed E-state index contributed by atoms with van der Waals surface area (Å²) in [5.74, 6) is -0.938. The van der Waals surface area contributed by atoms with E-state index in [1.54, 1.807) is 36.3 Å². The number of hydrogen-bond donors (Lipinski definition) is 0. The zero-order valence-electron chi connectivity index (χ0n) is 14.0. The quantitative estimate of drug-likeness (QED) is 0.854. The summed E-state index contributed by atoms with van der Waals surface area (Å²) in [5.41, 5.74) is 0.702. The number of hydrogen-bond acceptors (Lipinski definition) is 4. The van der Waals surface area contributed by atoms with Gasteiger partial charge in [-0.05, 0) is 36.4 Å². The number of aromatic nitrogens is 1. The molecule has 0 aliphatic carbocycles. The van der Waals surface area contributed by atoms with E-state index in [1.807, 2.05) is 0 Å². The number of methoxy groups -OCH3 is 1. The molecular weight excluding hydrogens is 325 g/mol. The number of carbonyl (C=O) groups is 2. The molecule has 2 heterocycles. The average molecular weight is 343 g/mol. The van der Waals surface area contributed by atoms with Gasteiger partial charge in [0.2, 0.25) is 11.8 Å². The Labute approximate surface area is 144 Å². The maximum absolute atomic E-state index is 13.8. The van der Waals surface area contributed by atoms with E-state index in [9.17, 15) is 14.0 Å². The fourth-order valence-corrected chi connectivity index (χ4v) is 2.89. The maximum Gasteiger partial charge on any atom is 0.233 e. The molecule has 7 heteroatoms. The molecule has 1 atom stereocenters. The van der Waals surface area contributed by atoms with Crippen molar-refractivity contribution in [3.8, 4) is 5.75 Å². The minimum atomic E-state index is -0.574. The summed E-state index contributed by atoms with van der Waals surface area (Å²) in [5, 5.41) is 0. The second kappa shape index (κ2) is 6.88. The smallest absolute Gasteiger partial charge is 0.233 e. The highest BCUT2D eigenvalue weighted by Gasteiger charge is 2.37. The van der Waals surface area contributed by atoms with Gasteiger partial charge in [0.25, 0.3) is 0 Å². The third-order valence-corrected chi connectivity index (χ3v) is 4.25. The number of benzene rings is 1. The Morgan fingerprint density at radius 3 is 2.68 bits per heavy atom. The lowest BCUT2D eigenvalue weighted by atomic mass is 10.1. The number of ether oxygens (including phenoxy) is 1. The fourth-order valence-electron chi connectivity index (χ4n) is 2.89. The molecule has 1 saturated heterocycles. The molecule has 1 fully saturated rings. The van der Waals surface area contributed by atoms with Crippen LogP contribution in [0.4, 0.5) is 15.9 Å². The standard InChI is InChI=1S/C18H18FN3O3/c1-21(17-15(19)4-3-9-20-17)18(24)12-10-16(23)22(11-12)13-5-7-14(25-2)8-6-13/h3-9,12H,10-11H2,1-2H3/t12-/m1/s1. The van der Waals surface area contributed by atoms with Crippen molar-refractivity contribution in [2.24, 2.45) is 5.92 Å². The molecule has 0 unspecified atom stereocenters. The number of carbonyl (C=O) groups excluding carboxylic acids is 2. The Hall–Kier alpha value is -2.96. The Morgan fingerprint density at radius 2 is 2.04 bits per heavy atom. The first-order valence-electron chi connectivity index (χ1n) is 7.83. The number of amides is 2.